The molecule has 0 fully saturated rings. The molecule has 0 saturated carbocycles. The Bertz CT molecular complexity index is 733. The lowest BCUT2D eigenvalue weighted by Crippen LogP contribution is -1.95. The summed E-state index contributed by atoms with van der Waals surface area (Å²) in [6.07, 6.45) is 3.41. The first-order valence-electron chi connectivity index (χ1n) is 5.94. The smallest absolute Gasteiger partial charge is 0.161 e. The Labute approximate surface area is 129 Å². The number of hydrogen-bond acceptors (Lipinski definition) is 3. The maximum absolute atomic E-state index is 6.21. The average molecular weight is 347 g/mol. The van der Waals surface area contributed by atoms with Crippen molar-refractivity contribution in [3.63, 3.8) is 0 Å². The Morgan fingerprint density at radius 3 is 2.25 bits per heavy atom. The minimum absolute atomic E-state index is 0.394. The molecule has 98 valence electrons. The number of hydrogen-bond donors (Lipinski definition) is 0. The van der Waals surface area contributed by atoms with Crippen molar-refractivity contribution >= 4 is 27.5 Å². The van der Waals surface area contributed by atoms with Gasteiger partial charge in [0.2, 0.25) is 0 Å². The zero-order chi connectivity index (χ0) is 13.9. The van der Waals surface area contributed by atoms with Gasteiger partial charge in [0.1, 0.15) is 5.15 Å². The molecule has 1 aromatic carbocycles. The zero-order valence-corrected chi connectivity index (χ0v) is 12.6. The summed E-state index contributed by atoms with van der Waals surface area (Å²) in [5, 5.41) is 0.394. The summed E-state index contributed by atoms with van der Waals surface area (Å²) >= 11 is 9.66. The van der Waals surface area contributed by atoms with Crippen molar-refractivity contribution in [3.05, 3.63) is 64.5 Å². The van der Waals surface area contributed by atoms with Crippen molar-refractivity contribution in [1.82, 2.24) is 15.0 Å². The zero-order valence-electron chi connectivity index (χ0n) is 10.3. The standard InChI is InChI=1S/C15H9BrClN3/c16-12-13(10-4-2-1-3-5-10)19-15(20-14(12)17)11-6-8-18-9-7-11/h1-9H. The topological polar surface area (TPSA) is 38.7 Å². The molecule has 3 aromatic rings. The highest BCUT2D eigenvalue weighted by molar-refractivity contribution is 9.10. The summed E-state index contributed by atoms with van der Waals surface area (Å²) in [4.78, 5) is 12.9. The van der Waals surface area contributed by atoms with E-state index in [4.69, 9.17) is 11.6 Å². The van der Waals surface area contributed by atoms with Gasteiger partial charge in [-0.25, -0.2) is 9.97 Å². The first kappa shape index (κ1) is 13.2. The maximum Gasteiger partial charge on any atom is 0.161 e. The van der Waals surface area contributed by atoms with E-state index in [-0.39, 0.29) is 0 Å². The van der Waals surface area contributed by atoms with E-state index in [1.54, 1.807) is 12.4 Å². The Kier molecular flexibility index (Phi) is 3.76. The maximum atomic E-state index is 6.21. The fourth-order valence-corrected chi connectivity index (χ4v) is 2.41. The molecule has 3 nitrogen and oxygen atoms in total. The highest BCUT2D eigenvalue weighted by Gasteiger charge is 2.13. The van der Waals surface area contributed by atoms with Gasteiger partial charge in [0.15, 0.2) is 5.82 Å². The number of halogens is 2. The molecule has 0 radical (unpaired) electrons. The van der Waals surface area contributed by atoms with Gasteiger partial charge >= 0.3 is 0 Å². The van der Waals surface area contributed by atoms with Crippen LogP contribution in [0.5, 0.6) is 0 Å². The van der Waals surface area contributed by atoms with Crippen LogP contribution >= 0.6 is 27.5 Å². The molecule has 2 heterocycles. The molecule has 5 heteroatoms. The Morgan fingerprint density at radius 1 is 0.850 bits per heavy atom. The molecule has 20 heavy (non-hydrogen) atoms. The summed E-state index contributed by atoms with van der Waals surface area (Å²) in [6, 6.07) is 13.6. The van der Waals surface area contributed by atoms with Crippen molar-refractivity contribution in [2.75, 3.05) is 0 Å². The van der Waals surface area contributed by atoms with Crippen molar-refractivity contribution in [2.24, 2.45) is 0 Å². The number of aromatic nitrogens is 3. The highest BCUT2D eigenvalue weighted by atomic mass is 79.9. The quantitative estimate of drug-likeness (QED) is 0.635. The minimum atomic E-state index is 0.394. The fraction of sp³-hybridized carbons (Fsp3) is 0. The molecule has 0 aliphatic carbocycles. The molecule has 0 amide bonds. The SMILES string of the molecule is Clc1nc(-c2ccncc2)nc(-c2ccccc2)c1Br. The van der Waals surface area contributed by atoms with Gasteiger partial charge in [-0.05, 0) is 28.1 Å². The van der Waals surface area contributed by atoms with Gasteiger partial charge < -0.3 is 0 Å². The highest BCUT2D eigenvalue weighted by Crippen LogP contribution is 2.33. The van der Waals surface area contributed by atoms with Gasteiger partial charge in [-0.2, -0.15) is 0 Å². The molecule has 0 aliphatic heterocycles. The van der Waals surface area contributed by atoms with Crippen molar-refractivity contribution in [1.29, 1.82) is 0 Å². The average Bonchev–Trinajstić information content (AvgIpc) is 2.51. The molecule has 0 aliphatic rings. The predicted molar refractivity (Wildman–Crippen MR) is 83.4 cm³/mol. The summed E-state index contributed by atoms with van der Waals surface area (Å²) < 4.78 is 0.697. The summed E-state index contributed by atoms with van der Waals surface area (Å²) in [5.41, 5.74) is 2.64. The lowest BCUT2D eigenvalue weighted by Gasteiger charge is -2.08. The molecule has 2 aromatic heterocycles. The second kappa shape index (κ2) is 5.69. The van der Waals surface area contributed by atoms with Gasteiger partial charge in [-0.3, -0.25) is 4.98 Å². The van der Waals surface area contributed by atoms with E-state index in [2.05, 4.69) is 30.9 Å². The number of nitrogens with zero attached hydrogens (tertiary/aromatic N) is 3. The first-order valence-corrected chi connectivity index (χ1v) is 7.11. The Hall–Kier alpha value is -1.78. The summed E-state index contributed by atoms with van der Waals surface area (Å²) in [6.45, 7) is 0. The van der Waals surface area contributed by atoms with Gasteiger partial charge in [0.25, 0.3) is 0 Å². The van der Waals surface area contributed by atoms with Gasteiger partial charge in [-0.15, -0.1) is 0 Å². The molecule has 0 N–H and O–H groups in total. The van der Waals surface area contributed by atoms with Crippen LogP contribution in [0.2, 0.25) is 5.15 Å². The van der Waals surface area contributed by atoms with E-state index < -0.39 is 0 Å². The van der Waals surface area contributed by atoms with Crippen LogP contribution < -0.4 is 0 Å². The van der Waals surface area contributed by atoms with Crippen LogP contribution in [0.15, 0.2) is 59.3 Å². The van der Waals surface area contributed by atoms with Crippen molar-refractivity contribution in [3.8, 4) is 22.6 Å². The normalized spacial score (nSPS) is 10.5. The summed E-state index contributed by atoms with van der Waals surface area (Å²) in [7, 11) is 0. The summed E-state index contributed by atoms with van der Waals surface area (Å²) in [5.74, 6) is 0.583. The fourth-order valence-electron chi connectivity index (χ4n) is 1.84. The van der Waals surface area contributed by atoms with Crippen molar-refractivity contribution < 1.29 is 0 Å². The number of rotatable bonds is 2. The van der Waals surface area contributed by atoms with E-state index in [9.17, 15) is 0 Å². The van der Waals surface area contributed by atoms with Crippen LogP contribution in [0.1, 0.15) is 0 Å². The third-order valence-corrected chi connectivity index (χ3v) is 4.05. The predicted octanol–water partition coefficient (Wildman–Crippen LogP) is 4.62. The van der Waals surface area contributed by atoms with E-state index >= 15 is 0 Å². The number of pyridine rings is 1. The third kappa shape index (κ3) is 2.57. The second-order valence-corrected chi connectivity index (χ2v) is 5.25. The van der Waals surface area contributed by atoms with Crippen LogP contribution in [-0.4, -0.2) is 15.0 Å². The molecule has 0 spiro atoms. The van der Waals surface area contributed by atoms with E-state index in [0.29, 0.717) is 15.5 Å². The number of benzene rings is 1. The van der Waals surface area contributed by atoms with Crippen LogP contribution in [0.25, 0.3) is 22.6 Å². The van der Waals surface area contributed by atoms with Crippen LogP contribution in [0.3, 0.4) is 0 Å². The molecule has 3 rings (SSSR count). The minimum Gasteiger partial charge on any atom is -0.265 e. The Balaban J connectivity index is 2.19. The van der Waals surface area contributed by atoms with E-state index in [1.807, 2.05) is 42.5 Å². The van der Waals surface area contributed by atoms with Crippen LogP contribution in [0.4, 0.5) is 0 Å². The molecule has 0 saturated heterocycles. The van der Waals surface area contributed by atoms with Crippen LogP contribution in [-0.2, 0) is 0 Å². The van der Waals surface area contributed by atoms with Gasteiger partial charge in [-0.1, -0.05) is 41.9 Å². The first-order chi connectivity index (χ1) is 9.75. The molecular formula is C15H9BrClN3. The van der Waals surface area contributed by atoms with Gasteiger partial charge in [0, 0.05) is 23.5 Å². The molecule has 0 bridgehead atoms. The van der Waals surface area contributed by atoms with Crippen molar-refractivity contribution in [2.45, 2.75) is 0 Å². The largest absolute Gasteiger partial charge is 0.265 e. The molecular weight excluding hydrogens is 338 g/mol. The second-order valence-electron chi connectivity index (χ2n) is 4.10. The molecule has 0 unspecified atom stereocenters. The Morgan fingerprint density at radius 2 is 1.55 bits per heavy atom. The monoisotopic (exact) mass is 345 g/mol. The van der Waals surface area contributed by atoms with Crippen LogP contribution in [0, 0.1) is 0 Å². The third-order valence-electron chi connectivity index (χ3n) is 2.80. The van der Waals surface area contributed by atoms with E-state index in [0.717, 1.165) is 16.8 Å². The lowest BCUT2D eigenvalue weighted by atomic mass is 10.1. The molecule has 0 atom stereocenters. The lowest BCUT2D eigenvalue weighted by molar-refractivity contribution is 1.16. The van der Waals surface area contributed by atoms with Gasteiger partial charge in [0.05, 0.1) is 10.2 Å². The van der Waals surface area contributed by atoms with E-state index in [1.165, 1.54) is 0 Å².